The molecule has 1 aliphatic carbocycles. The number of rotatable bonds is 2. The van der Waals surface area contributed by atoms with Gasteiger partial charge in [-0.1, -0.05) is 6.42 Å². The third-order valence-corrected chi connectivity index (χ3v) is 4.37. The van der Waals surface area contributed by atoms with Crippen molar-refractivity contribution < 1.29 is 9.90 Å². The number of nitrogens with zero attached hydrogens (tertiary/aromatic N) is 1. The molecule has 1 aliphatic heterocycles. The molecule has 2 rings (SSSR count). The van der Waals surface area contributed by atoms with E-state index in [4.69, 9.17) is 5.73 Å². The Morgan fingerprint density at radius 2 is 2.25 bits per heavy atom. The largest absolute Gasteiger partial charge is 0.394 e. The van der Waals surface area contributed by atoms with Crippen molar-refractivity contribution >= 4 is 5.91 Å². The van der Waals surface area contributed by atoms with Crippen LogP contribution in [-0.4, -0.2) is 41.1 Å². The summed E-state index contributed by atoms with van der Waals surface area (Å²) in [5.41, 5.74) is 5.67. The van der Waals surface area contributed by atoms with Gasteiger partial charge in [0.25, 0.3) is 0 Å². The van der Waals surface area contributed by atoms with E-state index >= 15 is 0 Å². The van der Waals surface area contributed by atoms with Gasteiger partial charge < -0.3 is 15.7 Å². The first-order chi connectivity index (χ1) is 7.59. The maximum Gasteiger partial charge on any atom is 0.230 e. The van der Waals surface area contributed by atoms with Crippen LogP contribution in [0, 0.1) is 5.41 Å². The summed E-state index contributed by atoms with van der Waals surface area (Å²) in [6, 6.07) is 0.0112. The van der Waals surface area contributed by atoms with E-state index in [0.717, 1.165) is 38.6 Å². The van der Waals surface area contributed by atoms with Crippen LogP contribution in [-0.2, 0) is 4.79 Å². The zero-order valence-electron chi connectivity index (χ0n) is 9.98. The van der Waals surface area contributed by atoms with Crippen LogP contribution in [0.2, 0.25) is 0 Å². The van der Waals surface area contributed by atoms with Crippen LogP contribution >= 0.6 is 0 Å². The van der Waals surface area contributed by atoms with Gasteiger partial charge in [0.05, 0.1) is 18.1 Å². The van der Waals surface area contributed by atoms with Crippen LogP contribution in [0.1, 0.15) is 39.0 Å². The van der Waals surface area contributed by atoms with Crippen molar-refractivity contribution in [3.8, 4) is 0 Å². The summed E-state index contributed by atoms with van der Waals surface area (Å²) in [5, 5.41) is 9.25. The van der Waals surface area contributed by atoms with E-state index < -0.39 is 5.41 Å². The Morgan fingerprint density at radius 1 is 1.50 bits per heavy atom. The van der Waals surface area contributed by atoms with Crippen molar-refractivity contribution in [1.82, 2.24) is 4.90 Å². The number of carbonyl (C=O) groups is 1. The molecule has 0 aromatic heterocycles. The van der Waals surface area contributed by atoms with Crippen molar-refractivity contribution in [3.05, 3.63) is 0 Å². The molecule has 1 amide bonds. The summed E-state index contributed by atoms with van der Waals surface area (Å²) in [5.74, 6) is 0.161. The molecule has 16 heavy (non-hydrogen) atoms. The molecule has 3 atom stereocenters. The lowest BCUT2D eigenvalue weighted by molar-refractivity contribution is -0.143. The van der Waals surface area contributed by atoms with E-state index in [-0.39, 0.29) is 24.6 Å². The first-order valence-corrected chi connectivity index (χ1v) is 6.27. The van der Waals surface area contributed by atoms with Gasteiger partial charge in [0.15, 0.2) is 0 Å². The number of amides is 1. The predicted molar refractivity (Wildman–Crippen MR) is 61.8 cm³/mol. The van der Waals surface area contributed by atoms with Gasteiger partial charge in [0.2, 0.25) is 5.91 Å². The fourth-order valence-electron chi connectivity index (χ4n) is 3.08. The van der Waals surface area contributed by atoms with Gasteiger partial charge in [-0.3, -0.25) is 4.79 Å². The maximum atomic E-state index is 12.5. The Morgan fingerprint density at radius 3 is 2.81 bits per heavy atom. The topological polar surface area (TPSA) is 66.6 Å². The van der Waals surface area contributed by atoms with Gasteiger partial charge in [-0.2, -0.15) is 0 Å². The second-order valence-corrected chi connectivity index (χ2v) is 5.39. The normalized spacial score (nSPS) is 39.3. The van der Waals surface area contributed by atoms with E-state index in [1.54, 1.807) is 0 Å². The van der Waals surface area contributed by atoms with E-state index in [1.807, 2.05) is 11.8 Å². The smallest absolute Gasteiger partial charge is 0.230 e. The standard InChI is InChI=1S/C12H22N2O2/c1-12(6-2-5-10(12)13)11(16)14-7-3-4-9(14)8-15/h9-10,15H,2-8,13H2,1H3. The molecule has 0 radical (unpaired) electrons. The minimum absolute atomic E-state index is 0.0139. The summed E-state index contributed by atoms with van der Waals surface area (Å²) >= 11 is 0. The average Bonchev–Trinajstić information content (AvgIpc) is 2.86. The van der Waals surface area contributed by atoms with E-state index in [0.29, 0.717) is 0 Å². The molecule has 4 heteroatoms. The van der Waals surface area contributed by atoms with E-state index in [1.165, 1.54) is 0 Å². The summed E-state index contributed by atoms with van der Waals surface area (Å²) in [6.07, 6.45) is 4.80. The predicted octanol–water partition coefficient (Wildman–Crippen LogP) is 0.487. The Kier molecular flexibility index (Phi) is 3.22. The van der Waals surface area contributed by atoms with E-state index in [2.05, 4.69) is 0 Å². The third kappa shape index (κ3) is 1.74. The molecule has 1 heterocycles. The molecule has 3 unspecified atom stereocenters. The maximum absolute atomic E-state index is 12.5. The third-order valence-electron chi connectivity index (χ3n) is 4.37. The molecule has 0 aromatic carbocycles. The Balaban J connectivity index is 2.12. The number of hydrogen-bond donors (Lipinski definition) is 2. The van der Waals surface area contributed by atoms with Gasteiger partial charge in [-0.15, -0.1) is 0 Å². The van der Waals surface area contributed by atoms with Crippen molar-refractivity contribution in [1.29, 1.82) is 0 Å². The van der Waals surface area contributed by atoms with Gasteiger partial charge in [0, 0.05) is 12.6 Å². The average molecular weight is 226 g/mol. The Labute approximate surface area is 96.8 Å². The molecule has 2 fully saturated rings. The van der Waals surface area contributed by atoms with Crippen LogP contribution in [0.25, 0.3) is 0 Å². The molecule has 0 aromatic rings. The van der Waals surface area contributed by atoms with Crippen molar-refractivity contribution in [2.24, 2.45) is 11.1 Å². The quantitative estimate of drug-likeness (QED) is 0.720. The zero-order valence-corrected chi connectivity index (χ0v) is 9.98. The molecule has 2 aliphatic rings. The van der Waals surface area contributed by atoms with Crippen molar-refractivity contribution in [2.75, 3.05) is 13.2 Å². The lowest BCUT2D eigenvalue weighted by atomic mass is 9.83. The highest BCUT2D eigenvalue weighted by Crippen LogP contribution is 2.39. The minimum atomic E-state index is -0.391. The number of aliphatic hydroxyl groups is 1. The molecule has 1 saturated heterocycles. The van der Waals surface area contributed by atoms with Crippen LogP contribution in [0.15, 0.2) is 0 Å². The van der Waals surface area contributed by atoms with Gasteiger partial charge in [-0.05, 0) is 32.6 Å². The molecule has 4 nitrogen and oxygen atoms in total. The first-order valence-electron chi connectivity index (χ1n) is 6.27. The highest BCUT2D eigenvalue weighted by atomic mass is 16.3. The SMILES string of the molecule is CC1(C(=O)N2CCCC2CO)CCCC1N. The van der Waals surface area contributed by atoms with Crippen molar-refractivity contribution in [3.63, 3.8) is 0 Å². The fourth-order valence-corrected chi connectivity index (χ4v) is 3.08. The summed E-state index contributed by atoms with van der Waals surface area (Å²) < 4.78 is 0. The van der Waals surface area contributed by atoms with Gasteiger partial charge >= 0.3 is 0 Å². The zero-order chi connectivity index (χ0) is 11.8. The number of carbonyl (C=O) groups excluding carboxylic acids is 1. The molecule has 92 valence electrons. The summed E-state index contributed by atoms with van der Waals surface area (Å²) in [6.45, 7) is 2.85. The van der Waals surface area contributed by atoms with Gasteiger partial charge in [0.1, 0.15) is 0 Å². The first kappa shape index (κ1) is 11.9. The number of nitrogens with two attached hydrogens (primary N) is 1. The molecule has 1 saturated carbocycles. The van der Waals surface area contributed by atoms with Crippen LogP contribution in [0.3, 0.4) is 0 Å². The lowest BCUT2D eigenvalue weighted by Crippen LogP contribution is -2.51. The molecular weight excluding hydrogens is 204 g/mol. The minimum Gasteiger partial charge on any atom is -0.394 e. The number of aliphatic hydroxyl groups excluding tert-OH is 1. The van der Waals surface area contributed by atoms with Gasteiger partial charge in [-0.25, -0.2) is 0 Å². The monoisotopic (exact) mass is 226 g/mol. The summed E-state index contributed by atoms with van der Waals surface area (Å²) in [4.78, 5) is 14.3. The second kappa shape index (κ2) is 4.34. The molecule has 0 spiro atoms. The molecular formula is C12H22N2O2. The molecule has 0 bridgehead atoms. The number of likely N-dealkylation sites (tertiary alicyclic amines) is 1. The van der Waals surface area contributed by atoms with Crippen molar-refractivity contribution in [2.45, 2.75) is 51.1 Å². The van der Waals surface area contributed by atoms with E-state index in [9.17, 15) is 9.90 Å². The van der Waals surface area contributed by atoms with Crippen LogP contribution in [0.5, 0.6) is 0 Å². The lowest BCUT2D eigenvalue weighted by Gasteiger charge is -2.35. The number of hydrogen-bond acceptors (Lipinski definition) is 3. The second-order valence-electron chi connectivity index (χ2n) is 5.39. The Bertz CT molecular complexity index is 282. The Hall–Kier alpha value is -0.610. The highest BCUT2D eigenvalue weighted by Gasteiger charge is 2.47. The fraction of sp³-hybridized carbons (Fsp3) is 0.917. The molecule has 3 N–H and O–H groups in total. The van der Waals surface area contributed by atoms with Crippen LogP contribution in [0.4, 0.5) is 0 Å². The van der Waals surface area contributed by atoms with Crippen LogP contribution < -0.4 is 5.73 Å². The summed E-state index contributed by atoms with van der Waals surface area (Å²) in [7, 11) is 0. The highest BCUT2D eigenvalue weighted by molar-refractivity contribution is 5.84.